The average Bonchev–Trinajstić information content (AvgIpc) is 2.49. The smallest absolute Gasteiger partial charge is 0.217 e. The van der Waals surface area contributed by atoms with Crippen LogP contribution in [-0.4, -0.2) is 30.4 Å². The van der Waals surface area contributed by atoms with E-state index < -0.39 is 0 Å². The molecule has 3 heteroatoms. The predicted octanol–water partition coefficient (Wildman–Crippen LogP) is 0.552. The molecule has 0 aliphatic carbocycles. The summed E-state index contributed by atoms with van der Waals surface area (Å²) in [4.78, 5) is 12.8. The Kier molecular flexibility index (Phi) is 4.08. The molecule has 0 spiro atoms. The fraction of sp³-hybridized carbons (Fsp3) is 0.778. The number of hydrogen-bond donors (Lipinski definition) is 1. The summed E-state index contributed by atoms with van der Waals surface area (Å²) in [6.07, 6.45) is 6.11. The zero-order valence-corrected chi connectivity index (χ0v) is 7.46. The first-order valence-corrected chi connectivity index (χ1v) is 4.61. The largest absolute Gasteiger partial charge is 0.370 e. The van der Waals surface area contributed by atoms with Crippen LogP contribution in [0.4, 0.5) is 0 Å². The number of amides is 1. The van der Waals surface area contributed by atoms with E-state index in [0.29, 0.717) is 6.42 Å². The lowest BCUT2D eigenvalue weighted by atomic mass is 10.2. The Bertz CT molecular complexity index is 141. The molecular weight excluding hydrogens is 152 g/mol. The van der Waals surface area contributed by atoms with Crippen molar-refractivity contribution < 1.29 is 4.79 Å². The first-order chi connectivity index (χ1) is 5.79. The highest BCUT2D eigenvalue weighted by Crippen LogP contribution is 2.08. The van der Waals surface area contributed by atoms with Gasteiger partial charge in [0.2, 0.25) is 5.91 Å². The van der Waals surface area contributed by atoms with E-state index in [1.54, 1.807) is 0 Å². The quantitative estimate of drug-likeness (QED) is 0.611. The molecule has 0 unspecified atom stereocenters. The van der Waals surface area contributed by atoms with Gasteiger partial charge in [-0.2, -0.15) is 0 Å². The Labute approximate surface area is 73.9 Å². The highest BCUT2D eigenvalue weighted by atomic mass is 16.1. The van der Waals surface area contributed by atoms with Crippen molar-refractivity contribution in [3.63, 3.8) is 0 Å². The Morgan fingerprint density at radius 3 is 2.67 bits per heavy atom. The van der Waals surface area contributed by atoms with Crippen molar-refractivity contribution in [2.45, 2.75) is 25.7 Å². The highest BCUT2D eigenvalue weighted by molar-refractivity contribution is 5.73. The van der Waals surface area contributed by atoms with Crippen LogP contribution in [0.1, 0.15) is 25.7 Å². The second-order valence-electron chi connectivity index (χ2n) is 3.30. The fourth-order valence-corrected chi connectivity index (χ4v) is 1.48. The lowest BCUT2D eigenvalue weighted by Crippen LogP contribution is -2.21. The van der Waals surface area contributed by atoms with Gasteiger partial charge in [0.1, 0.15) is 0 Å². The minimum Gasteiger partial charge on any atom is -0.370 e. The summed E-state index contributed by atoms with van der Waals surface area (Å²) in [6, 6.07) is 0. The molecule has 1 heterocycles. The molecule has 12 heavy (non-hydrogen) atoms. The van der Waals surface area contributed by atoms with E-state index in [1.807, 2.05) is 0 Å². The summed E-state index contributed by atoms with van der Waals surface area (Å²) in [5, 5.41) is 0. The number of primary amides is 1. The first-order valence-electron chi connectivity index (χ1n) is 4.61. The molecule has 1 saturated heterocycles. The maximum atomic E-state index is 10.4. The van der Waals surface area contributed by atoms with Gasteiger partial charge in [-0.15, -0.1) is 0 Å². The highest BCUT2D eigenvalue weighted by Gasteiger charge is 2.10. The van der Waals surface area contributed by atoms with Gasteiger partial charge in [0.25, 0.3) is 0 Å². The van der Waals surface area contributed by atoms with Gasteiger partial charge in [-0.25, -0.2) is 0 Å². The van der Waals surface area contributed by atoms with Gasteiger partial charge in [-0.1, -0.05) is 0 Å². The standard InChI is InChI=1S/C9H17N2O/c10-9(12)5-1-2-6-11-7-3-4-8-11/h2H,1,3-8H2,(H2,10,12). The third-order valence-electron chi connectivity index (χ3n) is 2.18. The van der Waals surface area contributed by atoms with Crippen molar-refractivity contribution in [3.8, 4) is 0 Å². The van der Waals surface area contributed by atoms with Crippen molar-refractivity contribution in [2.75, 3.05) is 19.6 Å². The van der Waals surface area contributed by atoms with E-state index in [0.717, 1.165) is 13.0 Å². The summed E-state index contributed by atoms with van der Waals surface area (Å²) in [7, 11) is 0. The molecule has 1 amide bonds. The van der Waals surface area contributed by atoms with E-state index in [9.17, 15) is 4.79 Å². The fourth-order valence-electron chi connectivity index (χ4n) is 1.48. The summed E-state index contributed by atoms with van der Waals surface area (Å²) in [6.45, 7) is 3.45. The Hall–Kier alpha value is -0.570. The van der Waals surface area contributed by atoms with Crippen LogP contribution in [0.5, 0.6) is 0 Å². The molecule has 2 N–H and O–H groups in total. The first kappa shape index (κ1) is 9.52. The van der Waals surface area contributed by atoms with E-state index in [2.05, 4.69) is 11.3 Å². The summed E-state index contributed by atoms with van der Waals surface area (Å²) in [5.74, 6) is -0.201. The topological polar surface area (TPSA) is 46.3 Å². The number of carbonyl (C=O) groups excluding carboxylic acids is 1. The van der Waals surface area contributed by atoms with Crippen LogP contribution in [0, 0.1) is 6.42 Å². The molecule has 1 radical (unpaired) electrons. The third kappa shape index (κ3) is 3.72. The predicted molar refractivity (Wildman–Crippen MR) is 48.4 cm³/mol. The van der Waals surface area contributed by atoms with Gasteiger partial charge in [0, 0.05) is 13.0 Å². The van der Waals surface area contributed by atoms with Crippen LogP contribution in [0.25, 0.3) is 0 Å². The lowest BCUT2D eigenvalue weighted by molar-refractivity contribution is -0.118. The minimum atomic E-state index is -0.201. The van der Waals surface area contributed by atoms with Crippen molar-refractivity contribution in [1.29, 1.82) is 0 Å². The maximum Gasteiger partial charge on any atom is 0.217 e. The number of nitrogens with two attached hydrogens (primary N) is 1. The molecule has 69 valence electrons. The van der Waals surface area contributed by atoms with Crippen LogP contribution in [0.15, 0.2) is 0 Å². The van der Waals surface area contributed by atoms with Crippen LogP contribution in [0.3, 0.4) is 0 Å². The zero-order chi connectivity index (χ0) is 8.81. The summed E-state index contributed by atoms with van der Waals surface area (Å²) >= 11 is 0. The molecule has 0 aromatic heterocycles. The maximum absolute atomic E-state index is 10.4. The number of unbranched alkanes of at least 4 members (excludes halogenated alkanes) is 1. The van der Waals surface area contributed by atoms with Crippen molar-refractivity contribution in [2.24, 2.45) is 5.73 Å². The Morgan fingerprint density at radius 2 is 2.08 bits per heavy atom. The Balaban J connectivity index is 1.91. The second kappa shape index (κ2) is 5.14. The van der Waals surface area contributed by atoms with E-state index in [-0.39, 0.29) is 5.91 Å². The second-order valence-corrected chi connectivity index (χ2v) is 3.30. The third-order valence-corrected chi connectivity index (χ3v) is 2.18. The number of carbonyl (C=O) groups is 1. The van der Waals surface area contributed by atoms with Gasteiger partial charge in [-0.05, 0) is 38.8 Å². The van der Waals surface area contributed by atoms with E-state index in [4.69, 9.17) is 5.73 Å². The number of rotatable bonds is 5. The molecule has 0 saturated carbocycles. The summed E-state index contributed by atoms with van der Waals surface area (Å²) in [5.41, 5.74) is 5.01. The molecular formula is C9H17N2O. The molecule has 1 rings (SSSR count). The van der Waals surface area contributed by atoms with Crippen molar-refractivity contribution in [1.82, 2.24) is 4.90 Å². The minimum absolute atomic E-state index is 0.201. The molecule has 0 aromatic rings. The Morgan fingerprint density at radius 1 is 1.42 bits per heavy atom. The molecule has 1 fully saturated rings. The average molecular weight is 169 g/mol. The van der Waals surface area contributed by atoms with E-state index in [1.165, 1.54) is 25.9 Å². The number of hydrogen-bond acceptors (Lipinski definition) is 2. The van der Waals surface area contributed by atoms with Crippen molar-refractivity contribution in [3.05, 3.63) is 6.42 Å². The molecule has 1 aliphatic heterocycles. The molecule has 0 atom stereocenters. The molecule has 3 nitrogen and oxygen atoms in total. The van der Waals surface area contributed by atoms with Crippen LogP contribution in [-0.2, 0) is 4.79 Å². The van der Waals surface area contributed by atoms with Gasteiger partial charge in [0.05, 0.1) is 0 Å². The number of likely N-dealkylation sites (tertiary alicyclic amines) is 1. The zero-order valence-electron chi connectivity index (χ0n) is 7.46. The molecule has 0 bridgehead atoms. The molecule has 0 aromatic carbocycles. The van der Waals surface area contributed by atoms with E-state index >= 15 is 0 Å². The SMILES string of the molecule is NC(=O)CC[CH]CN1CCCC1. The van der Waals surface area contributed by atoms with Crippen LogP contribution >= 0.6 is 0 Å². The molecule has 1 aliphatic rings. The van der Waals surface area contributed by atoms with Crippen LogP contribution < -0.4 is 5.73 Å². The van der Waals surface area contributed by atoms with Gasteiger partial charge < -0.3 is 10.6 Å². The van der Waals surface area contributed by atoms with Crippen molar-refractivity contribution >= 4 is 5.91 Å². The van der Waals surface area contributed by atoms with Crippen LogP contribution in [0.2, 0.25) is 0 Å². The normalized spacial score (nSPS) is 18.3. The monoisotopic (exact) mass is 169 g/mol. The summed E-state index contributed by atoms with van der Waals surface area (Å²) < 4.78 is 0. The number of nitrogens with zero attached hydrogens (tertiary/aromatic N) is 1. The van der Waals surface area contributed by atoms with Gasteiger partial charge in [0.15, 0.2) is 0 Å². The van der Waals surface area contributed by atoms with Gasteiger partial charge >= 0.3 is 0 Å². The van der Waals surface area contributed by atoms with Gasteiger partial charge in [-0.3, -0.25) is 4.79 Å². The lowest BCUT2D eigenvalue weighted by Gasteiger charge is -2.12.